The summed E-state index contributed by atoms with van der Waals surface area (Å²) in [4.78, 5) is 0. The Hall–Kier alpha value is 0. The third-order valence-electron chi connectivity index (χ3n) is 5.52. The van der Waals surface area contributed by atoms with E-state index < -0.39 is 0 Å². The van der Waals surface area contributed by atoms with Gasteiger partial charge in [-0.3, -0.25) is 0 Å². The third-order valence-corrected chi connectivity index (χ3v) is 5.52. The molecule has 3 rings (SSSR count). The van der Waals surface area contributed by atoms with E-state index in [2.05, 4.69) is 13.8 Å². The molecule has 2 unspecified atom stereocenters. The molecule has 0 radical (unpaired) electrons. The lowest BCUT2D eigenvalue weighted by atomic mass is 9.21. The van der Waals surface area contributed by atoms with Gasteiger partial charge in [0, 0.05) is 0 Å². The maximum Gasteiger partial charge on any atom is -0.0209 e. The quantitative estimate of drug-likeness (QED) is 0.480. The predicted molar refractivity (Wildman–Crippen MR) is 41.7 cm³/mol. The largest absolute Gasteiger partial charge is 0.0617 e. The lowest BCUT2D eigenvalue weighted by Crippen LogP contribution is -2.76. The van der Waals surface area contributed by atoms with Crippen LogP contribution in [0.1, 0.15) is 39.5 Å². The van der Waals surface area contributed by atoms with Crippen molar-refractivity contribution < 1.29 is 0 Å². The van der Waals surface area contributed by atoms with Crippen LogP contribution in [-0.2, 0) is 0 Å². The van der Waals surface area contributed by atoms with Crippen LogP contribution in [0.25, 0.3) is 0 Å². The van der Waals surface area contributed by atoms with Gasteiger partial charge in [0.05, 0.1) is 0 Å². The Balaban J connectivity index is 2.01. The summed E-state index contributed by atoms with van der Waals surface area (Å²) >= 11 is 0. The normalized spacial score (nSPS) is 70.2. The minimum atomic E-state index is 0.909. The zero-order valence-corrected chi connectivity index (χ0v) is 6.98. The predicted octanol–water partition coefficient (Wildman–Crippen LogP) is 2.83. The molecule has 0 aliphatic heterocycles. The van der Waals surface area contributed by atoms with Gasteiger partial charge in [0.25, 0.3) is 0 Å². The van der Waals surface area contributed by atoms with Crippen molar-refractivity contribution in [3.05, 3.63) is 0 Å². The molecule has 0 aromatic heterocycles. The summed E-state index contributed by atoms with van der Waals surface area (Å²) in [6, 6.07) is 0. The van der Waals surface area contributed by atoms with Crippen molar-refractivity contribution in [1.29, 1.82) is 0 Å². The first-order valence-corrected chi connectivity index (χ1v) is 4.73. The fraction of sp³-hybridized carbons (Fsp3) is 1.00. The molecule has 0 amide bonds. The second kappa shape index (κ2) is 1.19. The summed E-state index contributed by atoms with van der Waals surface area (Å²) < 4.78 is 0. The molecule has 3 fully saturated rings. The van der Waals surface area contributed by atoms with Crippen molar-refractivity contribution in [2.75, 3.05) is 0 Å². The highest BCUT2D eigenvalue weighted by atomic mass is 14.8. The standard InChI is InChI=1S/C10H16/c1-7-8(2)10-5-3-9(7,10)4-6-10/h7-8H,3-6H2,1-2H3. The zero-order chi connectivity index (χ0) is 6.98. The average Bonchev–Trinajstić information content (AvgIpc) is 1.94. The van der Waals surface area contributed by atoms with E-state index in [-0.39, 0.29) is 0 Å². The first kappa shape index (κ1) is 5.62. The number of hydrogen-bond acceptors (Lipinski definition) is 0. The van der Waals surface area contributed by atoms with Crippen molar-refractivity contribution in [1.82, 2.24) is 0 Å². The molecule has 10 heavy (non-hydrogen) atoms. The summed E-state index contributed by atoms with van der Waals surface area (Å²) in [6.45, 7) is 4.95. The Morgan fingerprint density at radius 2 is 1.10 bits per heavy atom. The van der Waals surface area contributed by atoms with Crippen LogP contribution in [0.4, 0.5) is 0 Å². The maximum absolute atomic E-state index is 2.47. The van der Waals surface area contributed by atoms with Gasteiger partial charge >= 0.3 is 0 Å². The van der Waals surface area contributed by atoms with E-state index in [1.165, 1.54) is 0 Å². The van der Waals surface area contributed by atoms with Gasteiger partial charge in [-0.15, -0.1) is 0 Å². The number of hydrogen-bond donors (Lipinski definition) is 0. The lowest BCUT2D eigenvalue weighted by molar-refractivity contribution is -0.346. The highest BCUT2D eigenvalue weighted by Gasteiger charge is 2.77. The van der Waals surface area contributed by atoms with E-state index in [1.807, 2.05) is 0 Å². The van der Waals surface area contributed by atoms with E-state index in [9.17, 15) is 0 Å². The summed E-state index contributed by atoms with van der Waals surface area (Å²) in [5.41, 5.74) is 1.82. The minimum absolute atomic E-state index is 0.909. The van der Waals surface area contributed by atoms with Crippen molar-refractivity contribution in [3.63, 3.8) is 0 Å². The molecule has 0 aromatic carbocycles. The fourth-order valence-corrected chi connectivity index (χ4v) is 4.46. The van der Waals surface area contributed by atoms with Gasteiger partial charge in [-0.05, 0) is 48.3 Å². The minimum Gasteiger partial charge on any atom is -0.0617 e. The SMILES string of the molecule is CC1C(C)C23CCC12CC3. The molecule has 0 spiro atoms. The molecule has 0 N–H and O–H groups in total. The third kappa shape index (κ3) is 0.258. The zero-order valence-electron chi connectivity index (χ0n) is 6.98. The highest BCUT2D eigenvalue weighted by Crippen LogP contribution is 2.85. The summed E-state index contributed by atoms with van der Waals surface area (Å²) in [6.07, 6.45) is 6.27. The van der Waals surface area contributed by atoms with Gasteiger partial charge < -0.3 is 0 Å². The summed E-state index contributed by atoms with van der Waals surface area (Å²) in [7, 11) is 0. The van der Waals surface area contributed by atoms with Gasteiger partial charge in [0.1, 0.15) is 0 Å². The lowest BCUT2D eigenvalue weighted by Gasteiger charge is -2.83. The van der Waals surface area contributed by atoms with Crippen LogP contribution in [0.2, 0.25) is 0 Å². The van der Waals surface area contributed by atoms with Gasteiger partial charge in [0.15, 0.2) is 0 Å². The van der Waals surface area contributed by atoms with Crippen molar-refractivity contribution in [3.8, 4) is 0 Å². The molecule has 0 bridgehead atoms. The summed E-state index contributed by atoms with van der Waals surface area (Å²) in [5, 5.41) is 0. The molecule has 0 aromatic rings. The van der Waals surface area contributed by atoms with Crippen molar-refractivity contribution >= 4 is 0 Å². The van der Waals surface area contributed by atoms with Crippen LogP contribution in [0.3, 0.4) is 0 Å². The van der Waals surface area contributed by atoms with E-state index in [1.54, 1.807) is 25.7 Å². The van der Waals surface area contributed by atoms with E-state index >= 15 is 0 Å². The van der Waals surface area contributed by atoms with E-state index in [0.717, 1.165) is 22.7 Å². The number of rotatable bonds is 0. The van der Waals surface area contributed by atoms with Crippen LogP contribution in [-0.4, -0.2) is 0 Å². The van der Waals surface area contributed by atoms with Gasteiger partial charge in [0.2, 0.25) is 0 Å². The molecule has 0 nitrogen and oxygen atoms in total. The molecule has 0 heteroatoms. The van der Waals surface area contributed by atoms with Gasteiger partial charge in [-0.2, -0.15) is 0 Å². The van der Waals surface area contributed by atoms with Crippen LogP contribution in [0.15, 0.2) is 0 Å². The second-order valence-corrected chi connectivity index (χ2v) is 4.89. The molecule has 3 saturated carbocycles. The molecular formula is C10H16. The van der Waals surface area contributed by atoms with Crippen molar-refractivity contribution in [2.45, 2.75) is 39.5 Å². The fourth-order valence-electron chi connectivity index (χ4n) is 4.46. The van der Waals surface area contributed by atoms with Crippen molar-refractivity contribution in [2.24, 2.45) is 22.7 Å². The molecule has 3 aliphatic carbocycles. The van der Waals surface area contributed by atoms with Gasteiger partial charge in [-0.25, -0.2) is 0 Å². The first-order valence-electron chi connectivity index (χ1n) is 4.73. The topological polar surface area (TPSA) is 0 Å². The van der Waals surface area contributed by atoms with E-state index in [4.69, 9.17) is 0 Å². The first-order chi connectivity index (χ1) is 4.73. The molecule has 2 atom stereocenters. The van der Waals surface area contributed by atoms with Crippen LogP contribution >= 0.6 is 0 Å². The Labute approximate surface area is 63.0 Å². The molecule has 56 valence electrons. The van der Waals surface area contributed by atoms with Crippen LogP contribution < -0.4 is 0 Å². The molecule has 3 aliphatic rings. The smallest absolute Gasteiger partial charge is 0.0209 e. The Morgan fingerprint density at radius 1 is 0.800 bits per heavy atom. The molecule has 0 saturated heterocycles. The maximum atomic E-state index is 2.47. The molecule has 0 heterocycles. The van der Waals surface area contributed by atoms with E-state index in [0.29, 0.717) is 0 Å². The molecular weight excluding hydrogens is 120 g/mol. The summed E-state index contributed by atoms with van der Waals surface area (Å²) in [5.74, 6) is 2.13. The average molecular weight is 136 g/mol. The van der Waals surface area contributed by atoms with Gasteiger partial charge in [-0.1, -0.05) is 13.8 Å². The Bertz CT molecular complexity index is 162. The van der Waals surface area contributed by atoms with Crippen LogP contribution in [0, 0.1) is 22.7 Å². The monoisotopic (exact) mass is 136 g/mol. The second-order valence-electron chi connectivity index (χ2n) is 4.89. The highest BCUT2D eigenvalue weighted by molar-refractivity contribution is 5.26. The Kier molecular flexibility index (Phi) is 0.669. The van der Waals surface area contributed by atoms with Crippen LogP contribution in [0.5, 0.6) is 0 Å². The Morgan fingerprint density at radius 3 is 1.20 bits per heavy atom.